The van der Waals surface area contributed by atoms with Gasteiger partial charge in [-0.3, -0.25) is 14.5 Å². The molecular formula is C30H32Cl2N2O4. The van der Waals surface area contributed by atoms with Crippen molar-refractivity contribution < 1.29 is 19.1 Å². The molecule has 0 aromatic heterocycles. The van der Waals surface area contributed by atoms with Crippen LogP contribution in [-0.2, 0) is 32.6 Å². The third-order valence-corrected chi connectivity index (χ3v) is 9.94. The maximum Gasteiger partial charge on any atom is 0.307 e. The number of likely N-dealkylation sites (N-methyl/N-ethyl adjacent to an activating group) is 1. The van der Waals surface area contributed by atoms with E-state index in [1.807, 2.05) is 18.0 Å². The second-order valence-electron chi connectivity index (χ2n) is 11.2. The number of esters is 1. The Labute approximate surface area is 233 Å². The van der Waals surface area contributed by atoms with Crippen molar-refractivity contribution in [3.8, 4) is 5.75 Å². The molecule has 0 radical (unpaired) electrons. The van der Waals surface area contributed by atoms with Gasteiger partial charge in [-0.25, -0.2) is 0 Å². The number of piperidine rings is 1. The zero-order valence-electron chi connectivity index (χ0n) is 21.7. The molecule has 4 aliphatic rings. The number of benzene rings is 2. The first-order valence-electron chi connectivity index (χ1n) is 13.3. The lowest BCUT2D eigenvalue weighted by Gasteiger charge is -2.60. The van der Waals surface area contributed by atoms with Crippen LogP contribution in [0, 0.1) is 5.92 Å². The summed E-state index contributed by atoms with van der Waals surface area (Å²) in [6, 6.07) is 12.0. The van der Waals surface area contributed by atoms with Crippen molar-refractivity contribution in [1.29, 1.82) is 0 Å². The quantitative estimate of drug-likeness (QED) is 0.363. The van der Waals surface area contributed by atoms with E-state index in [2.05, 4.69) is 29.7 Å². The summed E-state index contributed by atoms with van der Waals surface area (Å²) in [5.41, 5.74) is 3.41. The first kappa shape index (κ1) is 25.7. The molecule has 1 saturated carbocycles. The summed E-state index contributed by atoms with van der Waals surface area (Å²) in [6.45, 7) is 6.82. The van der Waals surface area contributed by atoms with Crippen LogP contribution >= 0.6 is 23.2 Å². The molecule has 2 aliphatic carbocycles. The summed E-state index contributed by atoms with van der Waals surface area (Å²) in [5, 5.41) is 0.939. The molecule has 2 bridgehead atoms. The summed E-state index contributed by atoms with van der Waals surface area (Å²) in [4.78, 5) is 29.3. The Kier molecular flexibility index (Phi) is 6.48. The smallest absolute Gasteiger partial charge is 0.307 e. The molecule has 1 saturated heterocycles. The molecule has 8 heteroatoms. The first-order chi connectivity index (χ1) is 18.2. The Morgan fingerprint density at radius 3 is 2.79 bits per heavy atom. The van der Waals surface area contributed by atoms with E-state index in [0.717, 1.165) is 43.5 Å². The van der Waals surface area contributed by atoms with Crippen molar-refractivity contribution in [2.75, 3.05) is 20.1 Å². The summed E-state index contributed by atoms with van der Waals surface area (Å²) in [6.07, 6.45) is 3.92. The number of nitrogens with zero attached hydrogens (tertiary/aromatic N) is 2. The van der Waals surface area contributed by atoms with Crippen molar-refractivity contribution >= 4 is 35.1 Å². The molecule has 6 rings (SSSR count). The molecule has 2 aromatic carbocycles. The summed E-state index contributed by atoms with van der Waals surface area (Å²) in [5.74, 6) is 1.59. The number of halogens is 2. The molecule has 2 aromatic rings. The largest absolute Gasteiger partial charge is 0.487 e. The van der Waals surface area contributed by atoms with E-state index in [0.29, 0.717) is 34.3 Å². The zero-order valence-corrected chi connectivity index (χ0v) is 23.2. The fourth-order valence-corrected chi connectivity index (χ4v) is 8.08. The second-order valence-corrected chi connectivity index (χ2v) is 12.0. The van der Waals surface area contributed by atoms with Gasteiger partial charge in [0.25, 0.3) is 0 Å². The van der Waals surface area contributed by atoms with Gasteiger partial charge < -0.3 is 14.4 Å². The van der Waals surface area contributed by atoms with Crippen LogP contribution in [0.5, 0.6) is 5.75 Å². The number of carbonyl (C=O) groups excluding carboxylic acids is 2. The zero-order chi connectivity index (χ0) is 26.8. The van der Waals surface area contributed by atoms with E-state index in [1.54, 1.807) is 12.1 Å². The van der Waals surface area contributed by atoms with Crippen LogP contribution < -0.4 is 4.74 Å². The third kappa shape index (κ3) is 4.04. The highest BCUT2D eigenvalue weighted by molar-refractivity contribution is 6.42. The number of amides is 1. The van der Waals surface area contributed by atoms with Crippen LogP contribution in [0.4, 0.5) is 0 Å². The maximum absolute atomic E-state index is 13.5. The van der Waals surface area contributed by atoms with Crippen LogP contribution in [-0.4, -0.2) is 60.0 Å². The van der Waals surface area contributed by atoms with Gasteiger partial charge in [0, 0.05) is 31.0 Å². The summed E-state index contributed by atoms with van der Waals surface area (Å²) >= 11 is 12.3. The Bertz CT molecular complexity index is 1330. The van der Waals surface area contributed by atoms with Gasteiger partial charge in [0.15, 0.2) is 0 Å². The van der Waals surface area contributed by atoms with E-state index in [9.17, 15) is 9.59 Å². The van der Waals surface area contributed by atoms with Crippen molar-refractivity contribution in [3.63, 3.8) is 0 Å². The Morgan fingerprint density at radius 1 is 1.21 bits per heavy atom. The third-order valence-electron chi connectivity index (χ3n) is 9.20. The molecule has 1 amide bonds. The van der Waals surface area contributed by atoms with Crippen LogP contribution in [0.15, 0.2) is 48.7 Å². The number of carbonyl (C=O) groups is 2. The van der Waals surface area contributed by atoms with Gasteiger partial charge in [-0.05, 0) is 67.5 Å². The minimum atomic E-state index is -0.333. The van der Waals surface area contributed by atoms with Gasteiger partial charge in [-0.2, -0.15) is 0 Å². The Balaban J connectivity index is 1.29. The molecule has 5 atom stereocenters. The average Bonchev–Trinajstić information content (AvgIpc) is 3.21. The van der Waals surface area contributed by atoms with Gasteiger partial charge in [-0.15, -0.1) is 0 Å². The molecule has 2 heterocycles. The summed E-state index contributed by atoms with van der Waals surface area (Å²) in [7, 11) is 1.91. The van der Waals surface area contributed by atoms with Crippen molar-refractivity contribution in [2.45, 2.75) is 62.6 Å². The summed E-state index contributed by atoms with van der Waals surface area (Å²) < 4.78 is 12.1. The average molecular weight is 556 g/mol. The molecule has 0 N–H and O–H groups in total. The Hall–Kier alpha value is -2.54. The van der Waals surface area contributed by atoms with Crippen molar-refractivity contribution in [1.82, 2.24) is 9.80 Å². The van der Waals surface area contributed by atoms with E-state index in [4.69, 9.17) is 32.7 Å². The lowest BCUT2D eigenvalue weighted by molar-refractivity contribution is -0.141. The lowest BCUT2D eigenvalue weighted by Crippen LogP contribution is -2.69. The molecule has 1 spiro atoms. The number of rotatable bonds is 6. The highest BCUT2D eigenvalue weighted by Gasteiger charge is 2.65. The normalized spacial score (nSPS) is 28.7. The van der Waals surface area contributed by atoms with Gasteiger partial charge in [0.1, 0.15) is 17.6 Å². The van der Waals surface area contributed by atoms with E-state index < -0.39 is 0 Å². The highest BCUT2D eigenvalue weighted by Crippen LogP contribution is 2.62. The predicted octanol–water partition coefficient (Wildman–Crippen LogP) is 5.18. The van der Waals surface area contributed by atoms with Gasteiger partial charge in [0.2, 0.25) is 5.91 Å². The monoisotopic (exact) mass is 554 g/mol. The molecule has 2 fully saturated rings. The van der Waals surface area contributed by atoms with E-state index in [1.165, 1.54) is 18.1 Å². The van der Waals surface area contributed by atoms with E-state index in [-0.39, 0.29) is 35.9 Å². The molecule has 200 valence electrons. The minimum absolute atomic E-state index is 0.0249. The maximum atomic E-state index is 13.5. The molecular weight excluding hydrogens is 523 g/mol. The van der Waals surface area contributed by atoms with Gasteiger partial charge >= 0.3 is 5.97 Å². The van der Waals surface area contributed by atoms with Crippen molar-refractivity contribution in [3.05, 3.63) is 75.5 Å². The first-order valence-corrected chi connectivity index (χ1v) is 14.0. The number of hydrogen-bond acceptors (Lipinski definition) is 5. The minimum Gasteiger partial charge on any atom is -0.487 e. The van der Waals surface area contributed by atoms with E-state index >= 15 is 0 Å². The van der Waals surface area contributed by atoms with Crippen LogP contribution in [0.3, 0.4) is 0 Å². The number of likely N-dealkylation sites (tertiary alicyclic amines) is 1. The van der Waals surface area contributed by atoms with Crippen LogP contribution in [0.1, 0.15) is 42.9 Å². The second kappa shape index (κ2) is 9.58. The number of ether oxygens (including phenoxy) is 2. The molecule has 0 unspecified atom stereocenters. The predicted molar refractivity (Wildman–Crippen MR) is 147 cm³/mol. The van der Waals surface area contributed by atoms with Crippen LogP contribution in [0.2, 0.25) is 10.0 Å². The lowest BCUT2D eigenvalue weighted by atomic mass is 9.51. The highest BCUT2D eigenvalue weighted by atomic mass is 35.5. The Morgan fingerprint density at radius 2 is 2.03 bits per heavy atom. The van der Waals surface area contributed by atoms with Gasteiger partial charge in [-0.1, -0.05) is 48.0 Å². The van der Waals surface area contributed by atoms with Crippen molar-refractivity contribution in [2.24, 2.45) is 5.92 Å². The van der Waals surface area contributed by atoms with Gasteiger partial charge in [0.05, 0.1) is 29.1 Å². The molecule has 38 heavy (non-hydrogen) atoms. The fraction of sp³-hybridized carbons (Fsp3) is 0.467. The fourth-order valence-electron chi connectivity index (χ4n) is 7.76. The topological polar surface area (TPSA) is 59.1 Å². The standard InChI is InChI=1S/C30H32Cl2N2O4/c1-17(37-18(2)35)16-34-12-11-30-21-8-10-24(33(3)27(36)14-19-7-9-22(31)23(32)13-19)29(30)38-26-6-4-5-20(28(26)30)15-25(21)34/h4-7,9,13,21,24-25,29H,1,8,10-12,14-16H2,2-3H3/t21-,24+,25+,29-,30-/m0/s1. The molecule has 6 nitrogen and oxygen atoms in total. The van der Waals surface area contributed by atoms with Crippen LogP contribution in [0.25, 0.3) is 0 Å². The SMILES string of the molecule is C=C(CN1CC[C@]23c4c5cccc4O[C@H]2[C@H](N(C)C(=O)Cc2ccc(Cl)c(Cl)c2)CC[C@H]3[C@H]1C5)OC(C)=O. The molecule has 2 aliphatic heterocycles. The number of hydrogen-bond donors (Lipinski definition) is 0.